The van der Waals surface area contributed by atoms with Gasteiger partial charge in [-0.05, 0) is 35.9 Å². The summed E-state index contributed by atoms with van der Waals surface area (Å²) in [4.78, 5) is 23.9. The number of carbonyl (C=O) groups is 2. The summed E-state index contributed by atoms with van der Waals surface area (Å²) in [7, 11) is 0. The van der Waals surface area contributed by atoms with E-state index >= 15 is 0 Å². The number of allylic oxidation sites excluding steroid dienone is 1. The quantitative estimate of drug-likeness (QED) is 0.403. The number of ketones is 1. The second-order valence-corrected chi connectivity index (χ2v) is 6.33. The highest BCUT2D eigenvalue weighted by atomic mass is 79.9. The number of benzene rings is 2. The van der Waals surface area contributed by atoms with E-state index in [1.54, 1.807) is 24.3 Å². The Kier molecular flexibility index (Phi) is 5.53. The number of esters is 1. The van der Waals surface area contributed by atoms with Crippen LogP contribution in [0.15, 0.2) is 65.4 Å². The Morgan fingerprint density at radius 2 is 1.96 bits per heavy atom. The first-order valence-electron chi connectivity index (χ1n) is 7.80. The summed E-state index contributed by atoms with van der Waals surface area (Å²) >= 11 is 3.37. The van der Waals surface area contributed by atoms with Gasteiger partial charge in [0.1, 0.15) is 18.1 Å². The van der Waals surface area contributed by atoms with Crippen LogP contribution < -0.4 is 9.47 Å². The molecule has 132 valence electrons. The lowest BCUT2D eigenvalue weighted by Crippen LogP contribution is -2.14. The molecular formula is C20H15BrO5. The van der Waals surface area contributed by atoms with E-state index in [4.69, 9.17) is 14.2 Å². The molecule has 2 aromatic rings. The van der Waals surface area contributed by atoms with Gasteiger partial charge in [-0.1, -0.05) is 40.7 Å². The van der Waals surface area contributed by atoms with Crippen LogP contribution in [0.5, 0.6) is 11.5 Å². The summed E-state index contributed by atoms with van der Waals surface area (Å²) in [6, 6.07) is 12.3. The normalized spacial score (nSPS) is 13.9. The molecule has 1 aliphatic heterocycles. The monoisotopic (exact) mass is 414 g/mol. The van der Waals surface area contributed by atoms with Gasteiger partial charge in [0, 0.05) is 10.5 Å². The number of hydrogen-bond donors (Lipinski definition) is 0. The lowest BCUT2D eigenvalue weighted by molar-refractivity contribution is -0.144. The number of rotatable bonds is 6. The zero-order valence-corrected chi connectivity index (χ0v) is 15.3. The summed E-state index contributed by atoms with van der Waals surface area (Å²) in [6.07, 6.45) is 3.16. The molecule has 0 radical (unpaired) electrons. The third kappa shape index (κ3) is 4.21. The van der Waals surface area contributed by atoms with Gasteiger partial charge in [0.05, 0.1) is 5.56 Å². The molecule has 0 N–H and O–H groups in total. The lowest BCUT2D eigenvalue weighted by Gasteiger charge is -2.06. The van der Waals surface area contributed by atoms with Crippen molar-refractivity contribution in [1.29, 1.82) is 0 Å². The summed E-state index contributed by atoms with van der Waals surface area (Å²) in [5, 5.41) is 0. The SMILES string of the molecule is C=CCOC(=O)COc1ccc2c(c1)O/C(=C\c1ccc(Br)cc1)C2=O. The Hall–Kier alpha value is -2.86. The molecule has 1 aliphatic rings. The van der Waals surface area contributed by atoms with Crippen molar-refractivity contribution < 1.29 is 23.8 Å². The lowest BCUT2D eigenvalue weighted by atomic mass is 10.1. The van der Waals surface area contributed by atoms with Crippen LogP contribution in [0.25, 0.3) is 6.08 Å². The minimum absolute atomic E-state index is 0.133. The predicted molar refractivity (Wildman–Crippen MR) is 100 cm³/mol. The molecule has 6 heteroatoms. The summed E-state index contributed by atoms with van der Waals surface area (Å²) < 4.78 is 16.8. The first kappa shape index (κ1) is 17.9. The average Bonchev–Trinajstić information content (AvgIpc) is 2.95. The Bertz CT molecular complexity index is 884. The van der Waals surface area contributed by atoms with Gasteiger partial charge >= 0.3 is 5.97 Å². The number of halogens is 1. The van der Waals surface area contributed by atoms with Crippen molar-refractivity contribution in [3.8, 4) is 11.5 Å². The molecular weight excluding hydrogens is 400 g/mol. The summed E-state index contributed by atoms with van der Waals surface area (Å²) in [5.41, 5.74) is 1.31. The van der Waals surface area contributed by atoms with E-state index < -0.39 is 5.97 Å². The number of hydrogen-bond acceptors (Lipinski definition) is 5. The van der Waals surface area contributed by atoms with Crippen LogP contribution >= 0.6 is 15.9 Å². The first-order valence-corrected chi connectivity index (χ1v) is 8.59. The zero-order chi connectivity index (χ0) is 18.5. The Morgan fingerprint density at radius 3 is 2.69 bits per heavy atom. The fraction of sp³-hybridized carbons (Fsp3) is 0.100. The molecule has 0 aromatic heterocycles. The van der Waals surface area contributed by atoms with Gasteiger partial charge < -0.3 is 14.2 Å². The third-order valence-electron chi connectivity index (χ3n) is 3.53. The Labute approximate surface area is 159 Å². The first-order chi connectivity index (χ1) is 12.6. The van der Waals surface area contributed by atoms with Gasteiger partial charge in [0.25, 0.3) is 0 Å². The average molecular weight is 415 g/mol. The van der Waals surface area contributed by atoms with E-state index in [9.17, 15) is 9.59 Å². The largest absolute Gasteiger partial charge is 0.482 e. The van der Waals surface area contributed by atoms with Crippen LogP contribution in [-0.4, -0.2) is 25.0 Å². The maximum atomic E-state index is 12.4. The van der Waals surface area contributed by atoms with E-state index in [0.717, 1.165) is 10.0 Å². The highest BCUT2D eigenvalue weighted by Crippen LogP contribution is 2.35. The van der Waals surface area contributed by atoms with E-state index in [0.29, 0.717) is 17.1 Å². The molecule has 0 bridgehead atoms. The molecule has 0 fully saturated rings. The van der Waals surface area contributed by atoms with Crippen LogP contribution in [0.4, 0.5) is 0 Å². The summed E-state index contributed by atoms with van der Waals surface area (Å²) in [5.74, 6) is 0.357. The van der Waals surface area contributed by atoms with Crippen molar-refractivity contribution in [3.63, 3.8) is 0 Å². The van der Waals surface area contributed by atoms with Crippen molar-refractivity contribution in [3.05, 3.63) is 76.5 Å². The van der Waals surface area contributed by atoms with E-state index in [1.165, 1.54) is 6.08 Å². The molecule has 0 saturated carbocycles. The van der Waals surface area contributed by atoms with Crippen molar-refractivity contribution in [1.82, 2.24) is 0 Å². The van der Waals surface area contributed by atoms with Gasteiger partial charge in [0.15, 0.2) is 12.4 Å². The van der Waals surface area contributed by atoms with Crippen molar-refractivity contribution in [2.24, 2.45) is 0 Å². The third-order valence-corrected chi connectivity index (χ3v) is 4.06. The molecule has 3 rings (SSSR count). The molecule has 26 heavy (non-hydrogen) atoms. The topological polar surface area (TPSA) is 61.8 Å². The number of fused-ring (bicyclic) bond motifs is 1. The molecule has 0 unspecified atom stereocenters. The van der Waals surface area contributed by atoms with Gasteiger partial charge in [-0.3, -0.25) is 4.79 Å². The molecule has 2 aromatic carbocycles. The number of Topliss-reactive ketones (excluding diaryl/α,β-unsaturated/α-hetero) is 1. The molecule has 0 spiro atoms. The van der Waals surface area contributed by atoms with Crippen LogP contribution in [-0.2, 0) is 9.53 Å². The highest BCUT2D eigenvalue weighted by Gasteiger charge is 2.27. The minimum atomic E-state index is -0.502. The predicted octanol–water partition coefficient (Wildman–Crippen LogP) is 4.17. The van der Waals surface area contributed by atoms with Crippen LogP contribution in [0, 0.1) is 0 Å². The van der Waals surface area contributed by atoms with Gasteiger partial charge in [-0.25, -0.2) is 4.79 Å². The fourth-order valence-corrected chi connectivity index (χ4v) is 2.57. The maximum absolute atomic E-state index is 12.4. The highest BCUT2D eigenvalue weighted by molar-refractivity contribution is 9.10. The van der Waals surface area contributed by atoms with Gasteiger partial charge in [-0.15, -0.1) is 0 Å². The number of carbonyl (C=O) groups excluding carboxylic acids is 2. The standard InChI is InChI=1S/C20H15BrO5/c1-2-9-24-19(22)12-25-15-7-8-16-17(11-15)26-18(20(16)23)10-13-3-5-14(21)6-4-13/h2-8,10-11H,1,9,12H2/b18-10-. The summed E-state index contributed by atoms with van der Waals surface area (Å²) in [6.45, 7) is 3.36. The second-order valence-electron chi connectivity index (χ2n) is 5.41. The zero-order valence-electron chi connectivity index (χ0n) is 13.7. The molecule has 0 atom stereocenters. The maximum Gasteiger partial charge on any atom is 0.344 e. The van der Waals surface area contributed by atoms with Crippen LogP contribution in [0.1, 0.15) is 15.9 Å². The van der Waals surface area contributed by atoms with E-state index in [2.05, 4.69) is 22.5 Å². The molecule has 5 nitrogen and oxygen atoms in total. The molecule has 0 aliphatic carbocycles. The second kappa shape index (κ2) is 8.01. The number of ether oxygens (including phenoxy) is 3. The van der Waals surface area contributed by atoms with Gasteiger partial charge in [-0.2, -0.15) is 0 Å². The fourth-order valence-electron chi connectivity index (χ4n) is 2.30. The molecule has 0 saturated heterocycles. The Morgan fingerprint density at radius 1 is 1.19 bits per heavy atom. The van der Waals surface area contributed by atoms with Crippen molar-refractivity contribution >= 4 is 33.8 Å². The smallest absolute Gasteiger partial charge is 0.344 e. The van der Waals surface area contributed by atoms with Crippen molar-refractivity contribution in [2.75, 3.05) is 13.2 Å². The van der Waals surface area contributed by atoms with Gasteiger partial charge in [0.2, 0.25) is 5.78 Å². The van der Waals surface area contributed by atoms with Crippen LogP contribution in [0.3, 0.4) is 0 Å². The Balaban J connectivity index is 1.70. The molecule has 1 heterocycles. The van der Waals surface area contributed by atoms with E-state index in [-0.39, 0.29) is 24.8 Å². The van der Waals surface area contributed by atoms with Crippen LogP contribution in [0.2, 0.25) is 0 Å². The minimum Gasteiger partial charge on any atom is -0.482 e. The van der Waals surface area contributed by atoms with E-state index in [1.807, 2.05) is 24.3 Å². The van der Waals surface area contributed by atoms with Crippen molar-refractivity contribution in [2.45, 2.75) is 0 Å². The molecule has 0 amide bonds.